The van der Waals surface area contributed by atoms with Gasteiger partial charge in [-0.15, -0.1) is 0 Å². The molecule has 0 amide bonds. The monoisotopic (exact) mass is 258 g/mol. The number of carbonyl (C=O) groups is 1. The predicted octanol–water partition coefficient (Wildman–Crippen LogP) is 2.52. The molecule has 2 aromatic rings. The van der Waals surface area contributed by atoms with Gasteiger partial charge in [0.05, 0.1) is 34.5 Å². The normalized spacial score (nSPS) is 10.7. The standard InChI is InChI=1S/C10H8Cl2N2O2/c1-16-10(15)4-14-5-13-8-2-6(11)7(12)3-9(8)14/h2-3,5H,4H2,1H3. The molecule has 0 unspecified atom stereocenters. The van der Waals surface area contributed by atoms with Crippen molar-refractivity contribution >= 4 is 40.2 Å². The second kappa shape index (κ2) is 4.31. The topological polar surface area (TPSA) is 44.1 Å². The number of aromatic nitrogens is 2. The van der Waals surface area contributed by atoms with E-state index >= 15 is 0 Å². The van der Waals surface area contributed by atoms with Crippen molar-refractivity contribution in [2.24, 2.45) is 0 Å². The first-order valence-electron chi connectivity index (χ1n) is 4.48. The van der Waals surface area contributed by atoms with E-state index < -0.39 is 0 Å². The van der Waals surface area contributed by atoms with Crippen LogP contribution in [-0.2, 0) is 16.1 Å². The van der Waals surface area contributed by atoms with Crippen LogP contribution in [-0.4, -0.2) is 22.6 Å². The summed E-state index contributed by atoms with van der Waals surface area (Å²) in [6.07, 6.45) is 1.55. The van der Waals surface area contributed by atoms with E-state index in [9.17, 15) is 4.79 Å². The number of hydrogen-bond donors (Lipinski definition) is 0. The van der Waals surface area contributed by atoms with Crippen LogP contribution in [0.25, 0.3) is 11.0 Å². The second-order valence-corrected chi connectivity index (χ2v) is 4.02. The summed E-state index contributed by atoms with van der Waals surface area (Å²) in [6.45, 7) is 0.102. The molecule has 0 aliphatic carbocycles. The van der Waals surface area contributed by atoms with E-state index in [1.165, 1.54) is 7.11 Å². The van der Waals surface area contributed by atoms with E-state index in [1.807, 2.05) is 0 Å². The number of imidazole rings is 1. The van der Waals surface area contributed by atoms with E-state index in [2.05, 4.69) is 9.72 Å². The zero-order valence-corrected chi connectivity index (χ0v) is 9.92. The SMILES string of the molecule is COC(=O)Cn1cnc2cc(Cl)c(Cl)cc21. The highest BCUT2D eigenvalue weighted by Crippen LogP contribution is 2.27. The average molecular weight is 259 g/mol. The van der Waals surface area contributed by atoms with Gasteiger partial charge in [-0.1, -0.05) is 23.2 Å². The highest BCUT2D eigenvalue weighted by molar-refractivity contribution is 6.42. The summed E-state index contributed by atoms with van der Waals surface area (Å²) in [4.78, 5) is 15.3. The third kappa shape index (κ3) is 1.99. The molecule has 2 rings (SSSR count). The molecule has 0 bridgehead atoms. The molecule has 0 radical (unpaired) electrons. The molecular weight excluding hydrogens is 251 g/mol. The molecule has 0 N–H and O–H groups in total. The van der Waals surface area contributed by atoms with Crippen molar-refractivity contribution in [2.45, 2.75) is 6.54 Å². The summed E-state index contributed by atoms with van der Waals surface area (Å²) in [6, 6.07) is 3.34. The van der Waals surface area contributed by atoms with Crippen molar-refractivity contribution < 1.29 is 9.53 Å². The number of halogens is 2. The molecule has 0 aliphatic heterocycles. The lowest BCUT2D eigenvalue weighted by molar-refractivity contribution is -0.141. The Balaban J connectivity index is 2.48. The molecule has 4 nitrogen and oxygen atoms in total. The number of nitrogens with zero attached hydrogens (tertiary/aromatic N) is 2. The van der Waals surface area contributed by atoms with Gasteiger partial charge in [-0.3, -0.25) is 4.79 Å². The number of methoxy groups -OCH3 is 1. The minimum atomic E-state index is -0.342. The van der Waals surface area contributed by atoms with E-state index in [4.69, 9.17) is 23.2 Å². The molecule has 1 aromatic carbocycles. The highest BCUT2D eigenvalue weighted by atomic mass is 35.5. The minimum absolute atomic E-state index is 0.102. The highest BCUT2D eigenvalue weighted by Gasteiger charge is 2.09. The Morgan fingerprint density at radius 2 is 2.12 bits per heavy atom. The third-order valence-electron chi connectivity index (χ3n) is 2.19. The fourth-order valence-corrected chi connectivity index (χ4v) is 1.70. The van der Waals surface area contributed by atoms with Crippen molar-refractivity contribution in [3.63, 3.8) is 0 Å². The van der Waals surface area contributed by atoms with Crippen LogP contribution >= 0.6 is 23.2 Å². The molecule has 0 spiro atoms. The minimum Gasteiger partial charge on any atom is -0.468 e. The van der Waals surface area contributed by atoms with Crippen molar-refractivity contribution in [3.8, 4) is 0 Å². The van der Waals surface area contributed by atoms with Crippen molar-refractivity contribution in [2.75, 3.05) is 7.11 Å². The number of rotatable bonds is 2. The molecule has 0 aliphatic rings. The lowest BCUT2D eigenvalue weighted by Crippen LogP contribution is -2.10. The Morgan fingerprint density at radius 1 is 1.44 bits per heavy atom. The van der Waals surface area contributed by atoms with Crippen molar-refractivity contribution in [3.05, 3.63) is 28.5 Å². The van der Waals surface area contributed by atoms with Crippen LogP contribution in [0.5, 0.6) is 0 Å². The zero-order valence-electron chi connectivity index (χ0n) is 8.41. The van der Waals surface area contributed by atoms with Crippen molar-refractivity contribution in [1.29, 1.82) is 0 Å². The molecular formula is C10H8Cl2N2O2. The number of hydrogen-bond acceptors (Lipinski definition) is 3. The number of carbonyl (C=O) groups excluding carboxylic acids is 1. The molecule has 0 saturated heterocycles. The molecule has 6 heteroatoms. The summed E-state index contributed by atoms with van der Waals surface area (Å²) in [5.41, 5.74) is 1.44. The Kier molecular flexibility index (Phi) is 3.03. The van der Waals surface area contributed by atoms with E-state index in [-0.39, 0.29) is 12.5 Å². The van der Waals surface area contributed by atoms with Gasteiger partial charge < -0.3 is 9.30 Å². The van der Waals surface area contributed by atoms with Gasteiger partial charge in [-0.25, -0.2) is 4.98 Å². The molecule has 16 heavy (non-hydrogen) atoms. The zero-order chi connectivity index (χ0) is 11.7. The van der Waals surface area contributed by atoms with Crippen molar-refractivity contribution in [1.82, 2.24) is 9.55 Å². The molecule has 0 fully saturated rings. The van der Waals surface area contributed by atoms with Crippen LogP contribution in [0.15, 0.2) is 18.5 Å². The van der Waals surface area contributed by atoms with Crippen LogP contribution in [0.2, 0.25) is 10.0 Å². The molecule has 0 saturated carbocycles. The van der Waals surface area contributed by atoms with Crippen LogP contribution in [0.4, 0.5) is 0 Å². The van der Waals surface area contributed by atoms with E-state index in [0.29, 0.717) is 15.6 Å². The average Bonchev–Trinajstić information content (AvgIpc) is 2.62. The van der Waals surface area contributed by atoms with Gasteiger partial charge in [-0.2, -0.15) is 0 Å². The van der Waals surface area contributed by atoms with Gasteiger partial charge >= 0.3 is 5.97 Å². The summed E-state index contributed by atoms with van der Waals surface area (Å²) < 4.78 is 6.24. The Morgan fingerprint density at radius 3 is 2.81 bits per heavy atom. The van der Waals surface area contributed by atoms with E-state index in [1.54, 1.807) is 23.0 Å². The summed E-state index contributed by atoms with van der Waals surface area (Å²) in [5, 5.41) is 0.873. The molecule has 0 atom stereocenters. The van der Waals surface area contributed by atoms with Crippen LogP contribution < -0.4 is 0 Å². The fourth-order valence-electron chi connectivity index (χ4n) is 1.38. The Labute approximate surface area is 102 Å². The smallest absolute Gasteiger partial charge is 0.325 e. The van der Waals surface area contributed by atoms with Crippen LogP contribution in [0.3, 0.4) is 0 Å². The Hall–Kier alpha value is -1.26. The van der Waals surface area contributed by atoms with Crippen LogP contribution in [0.1, 0.15) is 0 Å². The summed E-state index contributed by atoms with van der Waals surface area (Å²) >= 11 is 11.8. The maximum absolute atomic E-state index is 11.1. The van der Waals surface area contributed by atoms with Gasteiger partial charge in [0, 0.05) is 0 Å². The lowest BCUT2D eigenvalue weighted by Gasteiger charge is -2.03. The summed E-state index contributed by atoms with van der Waals surface area (Å²) in [5.74, 6) is -0.342. The maximum atomic E-state index is 11.1. The first kappa shape index (κ1) is 11.2. The maximum Gasteiger partial charge on any atom is 0.325 e. The van der Waals surface area contributed by atoms with Crippen LogP contribution in [0, 0.1) is 0 Å². The fraction of sp³-hybridized carbons (Fsp3) is 0.200. The first-order valence-corrected chi connectivity index (χ1v) is 5.24. The van der Waals surface area contributed by atoms with E-state index in [0.717, 1.165) is 5.52 Å². The largest absolute Gasteiger partial charge is 0.468 e. The van der Waals surface area contributed by atoms with Gasteiger partial charge in [0.1, 0.15) is 6.54 Å². The number of ether oxygens (including phenoxy) is 1. The predicted molar refractivity (Wildman–Crippen MR) is 61.8 cm³/mol. The van der Waals surface area contributed by atoms with Gasteiger partial charge in [0.25, 0.3) is 0 Å². The number of fused-ring (bicyclic) bond motifs is 1. The van der Waals surface area contributed by atoms with Gasteiger partial charge in [0.2, 0.25) is 0 Å². The Bertz CT molecular complexity index is 551. The molecule has 1 aromatic heterocycles. The summed E-state index contributed by atoms with van der Waals surface area (Å²) in [7, 11) is 1.34. The molecule has 84 valence electrons. The first-order chi connectivity index (χ1) is 7.61. The number of benzene rings is 1. The molecule has 1 heterocycles. The second-order valence-electron chi connectivity index (χ2n) is 3.20. The van der Waals surface area contributed by atoms with Gasteiger partial charge in [-0.05, 0) is 12.1 Å². The van der Waals surface area contributed by atoms with Gasteiger partial charge in [0.15, 0.2) is 0 Å². The number of esters is 1. The quantitative estimate of drug-likeness (QED) is 0.778. The lowest BCUT2D eigenvalue weighted by atomic mass is 10.3. The third-order valence-corrected chi connectivity index (χ3v) is 2.91.